The third-order valence-corrected chi connectivity index (χ3v) is 3.62. The lowest BCUT2D eigenvalue weighted by atomic mass is 9.82. The fourth-order valence-electron chi connectivity index (χ4n) is 2.36. The van der Waals surface area contributed by atoms with Crippen LogP contribution in [0.4, 0.5) is 0 Å². The van der Waals surface area contributed by atoms with Gasteiger partial charge in [0.05, 0.1) is 6.61 Å². The molecular formula is C14H22N2O. The molecule has 17 heavy (non-hydrogen) atoms. The highest BCUT2D eigenvalue weighted by molar-refractivity contribution is 5.32. The van der Waals surface area contributed by atoms with Crippen LogP contribution in [0.1, 0.15) is 25.3 Å². The van der Waals surface area contributed by atoms with E-state index in [9.17, 15) is 0 Å². The molecule has 3 nitrogen and oxygen atoms in total. The lowest BCUT2D eigenvalue weighted by Gasteiger charge is -2.38. The van der Waals surface area contributed by atoms with Crippen LogP contribution < -0.4 is 10.5 Å². The van der Waals surface area contributed by atoms with Gasteiger partial charge in [-0.15, -0.1) is 0 Å². The van der Waals surface area contributed by atoms with Gasteiger partial charge in [-0.25, -0.2) is 0 Å². The molecule has 1 heterocycles. The van der Waals surface area contributed by atoms with Crippen molar-refractivity contribution in [2.45, 2.75) is 25.3 Å². The fourth-order valence-corrected chi connectivity index (χ4v) is 2.36. The average molecular weight is 234 g/mol. The molecule has 0 atom stereocenters. The molecule has 94 valence electrons. The van der Waals surface area contributed by atoms with Gasteiger partial charge in [-0.2, -0.15) is 0 Å². The van der Waals surface area contributed by atoms with Crippen LogP contribution in [0.5, 0.6) is 5.75 Å². The van der Waals surface area contributed by atoms with E-state index in [2.05, 4.69) is 24.1 Å². The van der Waals surface area contributed by atoms with Gasteiger partial charge in [0.25, 0.3) is 0 Å². The number of hydrogen-bond donors (Lipinski definition) is 1. The van der Waals surface area contributed by atoms with Crippen molar-refractivity contribution in [3.05, 3.63) is 29.8 Å². The Bertz CT molecular complexity index is 353. The molecule has 1 fully saturated rings. The van der Waals surface area contributed by atoms with E-state index in [4.69, 9.17) is 10.5 Å². The Morgan fingerprint density at radius 1 is 1.24 bits per heavy atom. The van der Waals surface area contributed by atoms with Crippen molar-refractivity contribution in [1.82, 2.24) is 4.90 Å². The fraction of sp³-hybridized carbons (Fsp3) is 0.571. The van der Waals surface area contributed by atoms with Crippen LogP contribution in [-0.2, 0) is 5.54 Å². The van der Waals surface area contributed by atoms with Gasteiger partial charge in [-0.05, 0) is 57.6 Å². The van der Waals surface area contributed by atoms with E-state index in [-0.39, 0.29) is 5.54 Å². The number of hydrogen-bond acceptors (Lipinski definition) is 3. The summed E-state index contributed by atoms with van der Waals surface area (Å²) in [5.74, 6) is 0.924. The molecule has 1 aliphatic heterocycles. The molecule has 1 aliphatic rings. The van der Waals surface area contributed by atoms with Crippen LogP contribution in [-0.4, -0.2) is 31.6 Å². The van der Waals surface area contributed by atoms with Crippen LogP contribution >= 0.6 is 0 Å². The SMILES string of the molecule is CCOc1ccc(C2(N)CCN(C)CC2)cc1. The Balaban J connectivity index is 2.10. The van der Waals surface area contributed by atoms with E-state index in [0.29, 0.717) is 6.61 Å². The molecule has 1 aromatic rings. The standard InChI is InChI=1S/C14H22N2O/c1-3-17-13-6-4-12(5-7-13)14(15)8-10-16(2)11-9-14/h4-7H,3,8-11,15H2,1-2H3. The van der Waals surface area contributed by atoms with Crippen LogP contribution in [0.3, 0.4) is 0 Å². The van der Waals surface area contributed by atoms with E-state index < -0.39 is 0 Å². The second-order valence-electron chi connectivity index (χ2n) is 4.92. The van der Waals surface area contributed by atoms with Crippen LogP contribution in [0, 0.1) is 0 Å². The number of benzene rings is 1. The van der Waals surface area contributed by atoms with Gasteiger partial charge in [0.15, 0.2) is 0 Å². The largest absolute Gasteiger partial charge is 0.494 e. The Hall–Kier alpha value is -1.06. The molecule has 2 rings (SSSR count). The maximum absolute atomic E-state index is 6.50. The Morgan fingerprint density at radius 2 is 1.82 bits per heavy atom. The van der Waals surface area contributed by atoms with E-state index in [1.165, 1.54) is 5.56 Å². The molecule has 1 aromatic carbocycles. The first-order valence-corrected chi connectivity index (χ1v) is 6.35. The number of nitrogens with two attached hydrogens (primary N) is 1. The summed E-state index contributed by atoms with van der Waals surface area (Å²) < 4.78 is 5.45. The summed E-state index contributed by atoms with van der Waals surface area (Å²) in [5, 5.41) is 0. The zero-order valence-corrected chi connectivity index (χ0v) is 10.8. The summed E-state index contributed by atoms with van der Waals surface area (Å²) in [6.45, 7) is 4.85. The van der Waals surface area contributed by atoms with Gasteiger partial charge < -0.3 is 15.4 Å². The average Bonchev–Trinajstić information content (AvgIpc) is 2.35. The lowest BCUT2D eigenvalue weighted by Crippen LogP contribution is -2.46. The van der Waals surface area contributed by atoms with Crippen LogP contribution in [0.2, 0.25) is 0 Å². The van der Waals surface area contributed by atoms with E-state index in [1.54, 1.807) is 0 Å². The second kappa shape index (κ2) is 5.07. The number of nitrogens with zero attached hydrogens (tertiary/aromatic N) is 1. The summed E-state index contributed by atoms with van der Waals surface area (Å²) in [7, 11) is 2.15. The van der Waals surface area contributed by atoms with Gasteiger partial charge >= 0.3 is 0 Å². The van der Waals surface area contributed by atoms with Gasteiger partial charge in [0.2, 0.25) is 0 Å². The minimum Gasteiger partial charge on any atom is -0.494 e. The van der Waals surface area contributed by atoms with Crippen molar-refractivity contribution in [1.29, 1.82) is 0 Å². The third kappa shape index (κ3) is 2.79. The van der Waals surface area contributed by atoms with Gasteiger partial charge in [0, 0.05) is 5.54 Å². The predicted octanol–water partition coefficient (Wildman–Crippen LogP) is 1.96. The Morgan fingerprint density at radius 3 is 2.35 bits per heavy atom. The van der Waals surface area contributed by atoms with Crippen LogP contribution in [0.25, 0.3) is 0 Å². The molecule has 2 N–H and O–H groups in total. The molecule has 0 unspecified atom stereocenters. The van der Waals surface area contributed by atoms with E-state index in [0.717, 1.165) is 31.7 Å². The summed E-state index contributed by atoms with van der Waals surface area (Å²) in [6, 6.07) is 8.25. The maximum atomic E-state index is 6.50. The first-order valence-electron chi connectivity index (χ1n) is 6.35. The monoisotopic (exact) mass is 234 g/mol. The van der Waals surface area contributed by atoms with Crippen molar-refractivity contribution >= 4 is 0 Å². The van der Waals surface area contributed by atoms with Crippen molar-refractivity contribution in [2.24, 2.45) is 5.73 Å². The smallest absolute Gasteiger partial charge is 0.119 e. The lowest BCUT2D eigenvalue weighted by molar-refractivity contribution is 0.191. The van der Waals surface area contributed by atoms with Crippen molar-refractivity contribution in [2.75, 3.05) is 26.7 Å². The zero-order valence-electron chi connectivity index (χ0n) is 10.8. The molecule has 0 radical (unpaired) electrons. The molecule has 1 saturated heterocycles. The first-order chi connectivity index (χ1) is 8.14. The topological polar surface area (TPSA) is 38.5 Å². The number of rotatable bonds is 3. The number of ether oxygens (including phenoxy) is 1. The quantitative estimate of drug-likeness (QED) is 0.869. The normalized spacial score (nSPS) is 20.2. The summed E-state index contributed by atoms with van der Waals surface area (Å²) in [4.78, 5) is 2.33. The number of likely N-dealkylation sites (tertiary alicyclic amines) is 1. The first kappa shape index (κ1) is 12.4. The summed E-state index contributed by atoms with van der Waals surface area (Å²) in [5.41, 5.74) is 7.57. The van der Waals surface area contributed by atoms with Crippen molar-refractivity contribution < 1.29 is 4.74 Å². The predicted molar refractivity (Wildman–Crippen MR) is 70.2 cm³/mol. The van der Waals surface area contributed by atoms with Crippen molar-refractivity contribution in [3.63, 3.8) is 0 Å². The summed E-state index contributed by atoms with van der Waals surface area (Å²) in [6.07, 6.45) is 2.05. The summed E-state index contributed by atoms with van der Waals surface area (Å²) >= 11 is 0. The zero-order chi connectivity index (χ0) is 12.3. The third-order valence-electron chi connectivity index (χ3n) is 3.62. The number of piperidine rings is 1. The van der Waals surface area contributed by atoms with Gasteiger partial charge in [-0.3, -0.25) is 0 Å². The second-order valence-corrected chi connectivity index (χ2v) is 4.92. The highest BCUT2D eigenvalue weighted by atomic mass is 16.5. The highest BCUT2D eigenvalue weighted by Crippen LogP contribution is 2.30. The van der Waals surface area contributed by atoms with Crippen molar-refractivity contribution in [3.8, 4) is 5.75 Å². The van der Waals surface area contributed by atoms with E-state index >= 15 is 0 Å². The maximum Gasteiger partial charge on any atom is 0.119 e. The van der Waals surface area contributed by atoms with Crippen LogP contribution in [0.15, 0.2) is 24.3 Å². The van der Waals surface area contributed by atoms with Gasteiger partial charge in [-0.1, -0.05) is 12.1 Å². The molecule has 0 spiro atoms. The highest BCUT2D eigenvalue weighted by Gasteiger charge is 2.30. The molecule has 3 heteroatoms. The molecule has 0 aliphatic carbocycles. The molecule has 0 bridgehead atoms. The Kier molecular flexibility index (Phi) is 3.69. The van der Waals surface area contributed by atoms with E-state index in [1.807, 2.05) is 19.1 Å². The Labute approximate surface area is 104 Å². The van der Waals surface area contributed by atoms with Gasteiger partial charge in [0.1, 0.15) is 5.75 Å². The minimum absolute atomic E-state index is 0.156. The molecule has 0 saturated carbocycles. The minimum atomic E-state index is -0.156. The molecule has 0 aromatic heterocycles. The molecular weight excluding hydrogens is 212 g/mol. The molecule has 0 amide bonds.